The molecular formula is C19H22O2. The van der Waals surface area contributed by atoms with Gasteiger partial charge in [0.15, 0.2) is 0 Å². The molecule has 2 rings (SSSR count). The highest BCUT2D eigenvalue weighted by Gasteiger charge is 2.06. The molecule has 0 saturated carbocycles. The topological polar surface area (TPSA) is 26.3 Å². The van der Waals surface area contributed by atoms with Crippen LogP contribution in [0.15, 0.2) is 48.5 Å². The zero-order valence-electron chi connectivity index (χ0n) is 12.9. The first-order chi connectivity index (χ1) is 10.0. The van der Waals surface area contributed by atoms with Crippen molar-refractivity contribution in [1.29, 1.82) is 0 Å². The molecule has 2 heteroatoms. The Morgan fingerprint density at radius 1 is 1.10 bits per heavy atom. The highest BCUT2D eigenvalue weighted by molar-refractivity contribution is 5.72. The third kappa shape index (κ3) is 4.75. The Labute approximate surface area is 126 Å². The lowest BCUT2D eigenvalue weighted by Crippen LogP contribution is -2.09. The molecule has 0 fully saturated rings. The second-order valence-electron chi connectivity index (χ2n) is 5.69. The van der Waals surface area contributed by atoms with Gasteiger partial charge in [-0.15, -0.1) is 0 Å². The van der Waals surface area contributed by atoms with Crippen molar-refractivity contribution < 1.29 is 9.53 Å². The number of hydrogen-bond acceptors (Lipinski definition) is 2. The van der Waals surface area contributed by atoms with Crippen molar-refractivity contribution in [2.75, 3.05) is 0 Å². The van der Waals surface area contributed by atoms with Crippen molar-refractivity contribution in [2.24, 2.45) is 0 Å². The number of esters is 1. The van der Waals surface area contributed by atoms with E-state index in [2.05, 4.69) is 38.1 Å². The van der Waals surface area contributed by atoms with E-state index >= 15 is 0 Å². The lowest BCUT2D eigenvalue weighted by molar-refractivity contribution is -0.134. The summed E-state index contributed by atoms with van der Waals surface area (Å²) in [5, 5.41) is 0. The maximum Gasteiger partial charge on any atom is 0.311 e. The lowest BCUT2D eigenvalue weighted by Gasteiger charge is -2.07. The highest BCUT2D eigenvalue weighted by Crippen LogP contribution is 2.16. The fraction of sp³-hybridized carbons (Fsp3) is 0.316. The molecule has 0 unspecified atom stereocenters. The number of carbonyl (C=O) groups excluding carboxylic acids is 1. The predicted molar refractivity (Wildman–Crippen MR) is 85.7 cm³/mol. The van der Waals surface area contributed by atoms with Crippen molar-refractivity contribution in [3.8, 4) is 5.75 Å². The average Bonchev–Trinajstić information content (AvgIpc) is 2.45. The summed E-state index contributed by atoms with van der Waals surface area (Å²) in [5.41, 5.74) is 3.58. The molecule has 0 N–H and O–H groups in total. The summed E-state index contributed by atoms with van der Waals surface area (Å²) in [6, 6.07) is 16.0. The van der Waals surface area contributed by atoms with Crippen LogP contribution < -0.4 is 4.74 Å². The normalized spacial score (nSPS) is 10.7. The number of ether oxygens (including phenoxy) is 1. The summed E-state index contributed by atoms with van der Waals surface area (Å²) in [4.78, 5) is 11.9. The molecule has 0 aliphatic rings. The van der Waals surface area contributed by atoms with E-state index in [-0.39, 0.29) is 5.97 Å². The molecule has 0 bridgehead atoms. The number of carbonyl (C=O) groups is 1. The highest BCUT2D eigenvalue weighted by atomic mass is 16.5. The number of rotatable bonds is 5. The smallest absolute Gasteiger partial charge is 0.311 e. The van der Waals surface area contributed by atoms with Crippen molar-refractivity contribution >= 4 is 5.97 Å². The van der Waals surface area contributed by atoms with E-state index in [9.17, 15) is 4.79 Å². The van der Waals surface area contributed by atoms with Gasteiger partial charge in [-0.25, -0.2) is 0 Å². The molecule has 2 aromatic rings. The molecule has 0 radical (unpaired) electrons. The van der Waals surface area contributed by atoms with E-state index in [0.717, 1.165) is 5.56 Å². The Balaban J connectivity index is 1.86. The molecule has 0 atom stereocenters. The van der Waals surface area contributed by atoms with Gasteiger partial charge in [0.2, 0.25) is 0 Å². The van der Waals surface area contributed by atoms with Crippen LogP contribution in [0.1, 0.15) is 42.9 Å². The summed E-state index contributed by atoms with van der Waals surface area (Å²) >= 11 is 0. The molecule has 0 heterocycles. The molecule has 0 amide bonds. The zero-order chi connectivity index (χ0) is 15.2. The summed E-state index contributed by atoms with van der Waals surface area (Å²) in [6.07, 6.45) is 1.11. The Morgan fingerprint density at radius 2 is 1.81 bits per heavy atom. The summed E-state index contributed by atoms with van der Waals surface area (Å²) in [7, 11) is 0. The van der Waals surface area contributed by atoms with Crippen LogP contribution in [-0.2, 0) is 11.2 Å². The van der Waals surface area contributed by atoms with Gasteiger partial charge in [-0.2, -0.15) is 0 Å². The largest absolute Gasteiger partial charge is 0.427 e. The number of hydrogen-bond donors (Lipinski definition) is 0. The molecule has 0 spiro atoms. The van der Waals surface area contributed by atoms with E-state index in [1.165, 1.54) is 11.1 Å². The summed E-state index contributed by atoms with van der Waals surface area (Å²) < 4.78 is 5.34. The second kappa shape index (κ2) is 7.07. The minimum atomic E-state index is -0.187. The van der Waals surface area contributed by atoms with E-state index in [1.807, 2.05) is 31.2 Å². The molecule has 2 aromatic carbocycles. The lowest BCUT2D eigenvalue weighted by atomic mass is 10.0. The Bertz CT molecular complexity index is 597. The van der Waals surface area contributed by atoms with Gasteiger partial charge in [-0.3, -0.25) is 4.79 Å². The molecule has 0 aliphatic heterocycles. The van der Waals surface area contributed by atoms with E-state index in [0.29, 0.717) is 24.5 Å². The Kier molecular flexibility index (Phi) is 5.15. The SMILES string of the molecule is Cc1cccc(OC(=O)CCc2ccc(C(C)C)cc2)c1. The van der Waals surface area contributed by atoms with Crippen LogP contribution in [0, 0.1) is 6.92 Å². The maximum absolute atomic E-state index is 11.9. The van der Waals surface area contributed by atoms with Crippen molar-refractivity contribution in [3.05, 3.63) is 65.2 Å². The van der Waals surface area contributed by atoms with Crippen molar-refractivity contribution in [2.45, 2.75) is 39.5 Å². The van der Waals surface area contributed by atoms with Crippen LogP contribution in [-0.4, -0.2) is 5.97 Å². The minimum absolute atomic E-state index is 0.187. The first-order valence-corrected chi connectivity index (χ1v) is 7.41. The average molecular weight is 282 g/mol. The van der Waals surface area contributed by atoms with Crippen molar-refractivity contribution in [3.63, 3.8) is 0 Å². The quantitative estimate of drug-likeness (QED) is 0.589. The van der Waals surface area contributed by atoms with Crippen LogP contribution in [0.4, 0.5) is 0 Å². The zero-order valence-corrected chi connectivity index (χ0v) is 12.9. The predicted octanol–water partition coefficient (Wildman–Crippen LogP) is 4.66. The van der Waals surface area contributed by atoms with Crippen LogP contribution in [0.5, 0.6) is 5.75 Å². The van der Waals surface area contributed by atoms with Crippen LogP contribution in [0.2, 0.25) is 0 Å². The van der Waals surface area contributed by atoms with Gasteiger partial charge < -0.3 is 4.74 Å². The van der Waals surface area contributed by atoms with Gasteiger partial charge in [0, 0.05) is 6.42 Å². The molecular weight excluding hydrogens is 260 g/mol. The van der Waals surface area contributed by atoms with Gasteiger partial charge in [0.05, 0.1) is 0 Å². The van der Waals surface area contributed by atoms with Gasteiger partial charge in [-0.05, 0) is 48.1 Å². The van der Waals surface area contributed by atoms with Gasteiger partial charge in [0.1, 0.15) is 5.75 Å². The molecule has 110 valence electrons. The Hall–Kier alpha value is -2.09. The molecule has 21 heavy (non-hydrogen) atoms. The van der Waals surface area contributed by atoms with Gasteiger partial charge in [0.25, 0.3) is 0 Å². The van der Waals surface area contributed by atoms with Crippen LogP contribution >= 0.6 is 0 Å². The molecule has 0 aliphatic carbocycles. The molecule has 2 nitrogen and oxygen atoms in total. The van der Waals surface area contributed by atoms with Gasteiger partial charge >= 0.3 is 5.97 Å². The van der Waals surface area contributed by atoms with Crippen molar-refractivity contribution in [1.82, 2.24) is 0 Å². The van der Waals surface area contributed by atoms with Crippen LogP contribution in [0.25, 0.3) is 0 Å². The van der Waals surface area contributed by atoms with Gasteiger partial charge in [-0.1, -0.05) is 50.2 Å². The van der Waals surface area contributed by atoms with E-state index < -0.39 is 0 Å². The standard InChI is InChI=1S/C19H22O2/c1-14(2)17-10-7-16(8-11-17)9-12-19(20)21-18-6-4-5-15(3)13-18/h4-8,10-11,13-14H,9,12H2,1-3H3. The first-order valence-electron chi connectivity index (χ1n) is 7.41. The second-order valence-corrected chi connectivity index (χ2v) is 5.69. The van der Waals surface area contributed by atoms with E-state index in [1.54, 1.807) is 0 Å². The monoisotopic (exact) mass is 282 g/mol. The third-order valence-corrected chi connectivity index (χ3v) is 3.49. The molecule has 0 aromatic heterocycles. The fourth-order valence-electron chi connectivity index (χ4n) is 2.18. The van der Waals surface area contributed by atoms with E-state index in [4.69, 9.17) is 4.74 Å². The minimum Gasteiger partial charge on any atom is -0.427 e. The molecule has 0 saturated heterocycles. The number of aryl methyl sites for hydroxylation is 2. The first kappa shape index (κ1) is 15.3. The maximum atomic E-state index is 11.9. The fourth-order valence-corrected chi connectivity index (χ4v) is 2.18. The number of benzene rings is 2. The van der Waals surface area contributed by atoms with Crippen LogP contribution in [0.3, 0.4) is 0 Å². The third-order valence-electron chi connectivity index (χ3n) is 3.49. The summed E-state index contributed by atoms with van der Waals surface area (Å²) in [5.74, 6) is 0.967. The summed E-state index contributed by atoms with van der Waals surface area (Å²) in [6.45, 7) is 6.33. The Morgan fingerprint density at radius 3 is 2.43 bits per heavy atom.